The van der Waals surface area contributed by atoms with Crippen LogP contribution in [-0.2, 0) is 4.74 Å². The number of aromatic nitrogens is 1. The third-order valence-corrected chi connectivity index (χ3v) is 5.58. The number of hydrogen-bond acceptors (Lipinski definition) is 3. The predicted molar refractivity (Wildman–Crippen MR) is 90.4 cm³/mol. The Hall–Kier alpha value is -0.710. The summed E-state index contributed by atoms with van der Waals surface area (Å²) in [5.74, 6) is 0.826. The molecule has 23 heavy (non-hydrogen) atoms. The van der Waals surface area contributed by atoms with Crippen LogP contribution >= 0.6 is 11.6 Å². The van der Waals surface area contributed by atoms with Crippen LogP contribution in [0.5, 0.6) is 0 Å². The van der Waals surface area contributed by atoms with E-state index in [1.54, 1.807) is 0 Å². The molecule has 1 aromatic heterocycles. The summed E-state index contributed by atoms with van der Waals surface area (Å²) < 4.78 is 18.5. The lowest BCUT2D eigenvalue weighted by atomic mass is 9.79. The van der Waals surface area contributed by atoms with Gasteiger partial charge in [0.25, 0.3) is 0 Å². The predicted octanol–water partition coefficient (Wildman–Crippen LogP) is 4.31. The van der Waals surface area contributed by atoms with E-state index < -0.39 is 0 Å². The summed E-state index contributed by atoms with van der Waals surface area (Å²) >= 11 is 6.15. The average molecular weight is 341 g/mol. The highest BCUT2D eigenvalue weighted by molar-refractivity contribution is 6.31. The molecule has 2 aliphatic rings. The number of nitrogens with zero attached hydrogens (tertiary/aromatic N) is 1. The van der Waals surface area contributed by atoms with Crippen molar-refractivity contribution < 1.29 is 9.13 Å². The molecule has 0 radical (unpaired) electrons. The highest BCUT2D eigenvalue weighted by atomic mass is 35.5. The van der Waals surface area contributed by atoms with Gasteiger partial charge in [-0.15, -0.1) is 0 Å². The number of halogens is 2. The molecule has 0 bridgehead atoms. The first-order chi connectivity index (χ1) is 11.2. The van der Waals surface area contributed by atoms with Gasteiger partial charge in [0.2, 0.25) is 0 Å². The zero-order chi connectivity index (χ0) is 16.1. The molecule has 2 fully saturated rings. The van der Waals surface area contributed by atoms with E-state index >= 15 is 0 Å². The molecule has 1 aromatic rings. The van der Waals surface area contributed by atoms with Gasteiger partial charge in [0, 0.05) is 25.2 Å². The van der Waals surface area contributed by atoms with E-state index in [1.807, 2.05) is 0 Å². The first-order valence-electron chi connectivity index (χ1n) is 8.84. The van der Waals surface area contributed by atoms with Crippen LogP contribution in [0.2, 0.25) is 5.02 Å². The molecule has 0 aromatic carbocycles. The van der Waals surface area contributed by atoms with Crippen LogP contribution in [0.1, 0.15) is 56.6 Å². The van der Waals surface area contributed by atoms with E-state index in [1.165, 1.54) is 31.5 Å². The van der Waals surface area contributed by atoms with Crippen LogP contribution in [0, 0.1) is 11.7 Å². The first kappa shape index (κ1) is 17.1. The lowest BCUT2D eigenvalue weighted by Gasteiger charge is -2.29. The van der Waals surface area contributed by atoms with E-state index in [-0.39, 0.29) is 5.82 Å². The average Bonchev–Trinajstić information content (AvgIpc) is 2.57. The fourth-order valence-electron chi connectivity index (χ4n) is 3.84. The summed E-state index contributed by atoms with van der Waals surface area (Å²) in [6.07, 6.45) is 9.47. The Morgan fingerprint density at radius 3 is 2.61 bits per heavy atom. The molecule has 2 heterocycles. The van der Waals surface area contributed by atoms with Crippen LogP contribution in [0.3, 0.4) is 0 Å². The molecule has 0 amide bonds. The maximum Gasteiger partial charge on any atom is 0.142 e. The molecule has 0 unspecified atom stereocenters. The Morgan fingerprint density at radius 2 is 1.91 bits per heavy atom. The van der Waals surface area contributed by atoms with Crippen molar-refractivity contribution in [3.05, 3.63) is 28.8 Å². The molecule has 1 saturated heterocycles. The molecule has 128 valence electrons. The van der Waals surface area contributed by atoms with Crippen molar-refractivity contribution >= 4 is 11.6 Å². The molecule has 5 heteroatoms. The van der Waals surface area contributed by atoms with Gasteiger partial charge in [-0.2, -0.15) is 0 Å². The Morgan fingerprint density at radius 1 is 1.17 bits per heavy atom. The summed E-state index contributed by atoms with van der Waals surface area (Å²) in [6.45, 7) is 2.90. The van der Waals surface area contributed by atoms with Crippen molar-refractivity contribution in [1.29, 1.82) is 0 Å². The van der Waals surface area contributed by atoms with Gasteiger partial charge < -0.3 is 10.1 Å². The Bertz CT molecular complexity index is 500. The highest BCUT2D eigenvalue weighted by Crippen LogP contribution is 2.38. The Labute approximate surface area is 143 Å². The zero-order valence-corrected chi connectivity index (χ0v) is 14.3. The normalized spacial score (nSPS) is 26.3. The molecule has 1 aliphatic heterocycles. The van der Waals surface area contributed by atoms with Crippen LogP contribution < -0.4 is 5.32 Å². The van der Waals surface area contributed by atoms with Crippen LogP contribution in [0.15, 0.2) is 12.3 Å². The molecule has 3 nitrogen and oxygen atoms in total. The van der Waals surface area contributed by atoms with E-state index in [0.717, 1.165) is 57.1 Å². The minimum absolute atomic E-state index is 0.355. The lowest BCUT2D eigenvalue weighted by molar-refractivity contribution is 0.0775. The minimum atomic E-state index is -0.355. The van der Waals surface area contributed by atoms with E-state index in [4.69, 9.17) is 16.3 Å². The fourth-order valence-corrected chi connectivity index (χ4v) is 4.15. The summed E-state index contributed by atoms with van der Waals surface area (Å²) in [6, 6.07) is 2.02. The van der Waals surface area contributed by atoms with Gasteiger partial charge in [0.1, 0.15) is 5.82 Å². The molecule has 0 spiro atoms. The molecule has 3 rings (SSSR count). The quantitative estimate of drug-likeness (QED) is 0.867. The number of hydrogen-bond donors (Lipinski definition) is 1. The van der Waals surface area contributed by atoms with Gasteiger partial charge in [-0.05, 0) is 63.5 Å². The van der Waals surface area contributed by atoms with Crippen molar-refractivity contribution in [3.63, 3.8) is 0 Å². The van der Waals surface area contributed by atoms with Crippen LogP contribution in [-0.4, -0.2) is 30.8 Å². The topological polar surface area (TPSA) is 34.2 Å². The van der Waals surface area contributed by atoms with Crippen molar-refractivity contribution in [1.82, 2.24) is 10.3 Å². The molecule has 1 aliphatic carbocycles. The standard InChI is InChI=1S/C18H26ClFN2O/c19-17-11-15(20)12-22-18(17)14-3-1-13(2-4-14)5-8-21-16-6-9-23-10-7-16/h11-14,16,21H,1-10H2. The van der Waals surface area contributed by atoms with Gasteiger partial charge >= 0.3 is 0 Å². The van der Waals surface area contributed by atoms with E-state index in [9.17, 15) is 4.39 Å². The van der Waals surface area contributed by atoms with Crippen molar-refractivity contribution in [3.8, 4) is 0 Å². The van der Waals surface area contributed by atoms with Crippen molar-refractivity contribution in [2.45, 2.75) is 56.9 Å². The van der Waals surface area contributed by atoms with Crippen LogP contribution in [0.25, 0.3) is 0 Å². The lowest BCUT2D eigenvalue weighted by Crippen LogP contribution is -2.36. The fraction of sp³-hybridized carbons (Fsp3) is 0.722. The SMILES string of the molecule is Fc1cnc(C2CCC(CCNC3CCOCC3)CC2)c(Cl)c1. The number of nitrogens with one attached hydrogen (secondary N) is 1. The Balaban J connectivity index is 1.39. The monoisotopic (exact) mass is 340 g/mol. The van der Waals surface area contributed by atoms with Gasteiger partial charge in [-0.1, -0.05) is 11.6 Å². The van der Waals surface area contributed by atoms with E-state index in [0.29, 0.717) is 17.0 Å². The van der Waals surface area contributed by atoms with Crippen LogP contribution in [0.4, 0.5) is 4.39 Å². The summed E-state index contributed by atoms with van der Waals surface area (Å²) in [5, 5.41) is 4.15. The second-order valence-electron chi connectivity index (χ2n) is 6.87. The third kappa shape index (κ3) is 4.88. The molecular weight excluding hydrogens is 315 g/mol. The Kier molecular flexibility index (Phi) is 6.26. The maximum absolute atomic E-state index is 13.1. The first-order valence-corrected chi connectivity index (χ1v) is 9.22. The van der Waals surface area contributed by atoms with Gasteiger partial charge in [0.15, 0.2) is 0 Å². The smallest absolute Gasteiger partial charge is 0.142 e. The van der Waals surface area contributed by atoms with Crippen molar-refractivity contribution in [2.24, 2.45) is 5.92 Å². The number of pyridine rings is 1. The maximum atomic E-state index is 13.1. The molecule has 1 saturated carbocycles. The van der Waals surface area contributed by atoms with Crippen molar-refractivity contribution in [2.75, 3.05) is 19.8 Å². The zero-order valence-electron chi connectivity index (χ0n) is 13.6. The highest BCUT2D eigenvalue weighted by Gasteiger charge is 2.25. The molecule has 0 atom stereocenters. The van der Waals surface area contributed by atoms with Gasteiger partial charge in [-0.3, -0.25) is 4.98 Å². The number of ether oxygens (including phenoxy) is 1. The van der Waals surface area contributed by atoms with Gasteiger partial charge in [-0.25, -0.2) is 4.39 Å². The second-order valence-corrected chi connectivity index (χ2v) is 7.27. The largest absolute Gasteiger partial charge is 0.381 e. The van der Waals surface area contributed by atoms with Gasteiger partial charge in [0.05, 0.1) is 16.9 Å². The second kappa shape index (κ2) is 8.41. The summed E-state index contributed by atoms with van der Waals surface area (Å²) in [7, 11) is 0. The minimum Gasteiger partial charge on any atom is -0.381 e. The summed E-state index contributed by atoms with van der Waals surface area (Å²) in [5.41, 5.74) is 0.881. The summed E-state index contributed by atoms with van der Waals surface area (Å²) in [4.78, 5) is 4.22. The number of rotatable bonds is 5. The third-order valence-electron chi connectivity index (χ3n) is 5.28. The molecular formula is C18H26ClFN2O. The van der Waals surface area contributed by atoms with E-state index in [2.05, 4.69) is 10.3 Å². The molecule has 1 N–H and O–H groups in total.